The predicted octanol–water partition coefficient (Wildman–Crippen LogP) is 0.177. The molecule has 9 rings (SSSR count). The van der Waals surface area contributed by atoms with E-state index in [4.69, 9.17) is 33.2 Å². The van der Waals surface area contributed by atoms with Crippen LogP contribution in [0.15, 0.2) is 11.6 Å². The van der Waals surface area contributed by atoms with Crippen molar-refractivity contribution in [3.8, 4) is 0 Å². The first kappa shape index (κ1) is 47.1. The van der Waals surface area contributed by atoms with Crippen molar-refractivity contribution in [2.24, 2.45) is 45.8 Å². The lowest BCUT2D eigenvalue weighted by Gasteiger charge is -2.64. The number of nitrogens with one attached hydrogen (secondary N) is 1. The van der Waals surface area contributed by atoms with Crippen molar-refractivity contribution in [3.05, 3.63) is 11.6 Å². The molecule has 3 saturated carbocycles. The highest BCUT2D eigenvalue weighted by molar-refractivity contribution is 5.29. The third-order valence-electron chi connectivity index (χ3n) is 18.5. The van der Waals surface area contributed by atoms with E-state index >= 15 is 0 Å². The number of fused-ring (bicyclic) bond motifs is 7. The van der Waals surface area contributed by atoms with Crippen molar-refractivity contribution in [1.82, 2.24) is 5.32 Å². The topological polar surface area (TPSA) is 259 Å². The minimum Gasteiger partial charge on any atom is -0.394 e. The largest absolute Gasteiger partial charge is 0.394 e. The van der Waals surface area contributed by atoms with Gasteiger partial charge in [-0.3, -0.25) is 5.32 Å². The van der Waals surface area contributed by atoms with Crippen LogP contribution in [-0.2, 0) is 33.2 Å². The lowest BCUT2D eigenvalue weighted by atomic mass is 9.41. The first-order valence-corrected chi connectivity index (χ1v) is 23.8. The fourth-order valence-corrected chi connectivity index (χ4v) is 14.8. The summed E-state index contributed by atoms with van der Waals surface area (Å²) in [6, 6.07) is 0. The number of allylic oxidation sites excluding steroid dienone is 1. The van der Waals surface area contributed by atoms with Gasteiger partial charge in [0.15, 0.2) is 18.9 Å². The standard InChI is InChI=1S/C46H75NO16/c1-20-7-14-46(47-17-20)21(2)30-25(63-46)16-29-44(5)11-8-23-15-24(9-12-43(23,4)28(44)10-13-45(29,30)6)58-42-39(62-40-36(55)34(53)31(50)22(3)57-40)38(33(52)27(19-49)60-42)61-41-37(56)35(54)32(51)26(18-48)59-41/h8,20-22,24-42,47-56H,7,9-19H2,1-6H3/t20?,21-,22-,24-,25-,26+,27+,28+,29-,30-,31-,32+,33-,34+,35-,36+,37+,38-,39+,40+,41-,42+,43-,44+,45-,46+/m0/s1. The van der Waals surface area contributed by atoms with Gasteiger partial charge in [0.2, 0.25) is 0 Å². The van der Waals surface area contributed by atoms with Crippen molar-refractivity contribution >= 4 is 0 Å². The van der Waals surface area contributed by atoms with Crippen molar-refractivity contribution in [3.63, 3.8) is 0 Å². The average Bonchev–Trinajstić information content (AvgIpc) is 3.71. The molecule has 8 fully saturated rings. The Balaban J connectivity index is 0.954. The molecule has 0 aromatic carbocycles. The van der Waals surface area contributed by atoms with Crippen molar-refractivity contribution in [1.29, 1.82) is 0 Å². The molecule has 26 atom stereocenters. The zero-order chi connectivity index (χ0) is 45.1. The number of rotatable bonds is 8. The molecule has 0 aromatic heterocycles. The van der Waals surface area contributed by atoms with Gasteiger partial charge < -0.3 is 79.1 Å². The highest BCUT2D eigenvalue weighted by Gasteiger charge is 2.71. The van der Waals surface area contributed by atoms with Gasteiger partial charge in [0.05, 0.1) is 31.5 Å². The number of aliphatic hydroxyl groups is 9. The Hall–Kier alpha value is -0.940. The molecule has 0 aromatic rings. The maximum Gasteiger partial charge on any atom is 0.187 e. The smallest absolute Gasteiger partial charge is 0.187 e. The molecule has 0 bridgehead atoms. The summed E-state index contributed by atoms with van der Waals surface area (Å²) >= 11 is 0. The van der Waals surface area contributed by atoms with Crippen LogP contribution in [0.3, 0.4) is 0 Å². The Labute approximate surface area is 370 Å². The number of aliphatic hydroxyl groups excluding tert-OH is 9. The molecule has 5 aliphatic heterocycles. The Morgan fingerprint density at radius 1 is 0.667 bits per heavy atom. The van der Waals surface area contributed by atoms with Gasteiger partial charge in [-0.05, 0) is 105 Å². The molecule has 10 N–H and O–H groups in total. The van der Waals surface area contributed by atoms with Gasteiger partial charge in [-0.2, -0.15) is 0 Å². The fourth-order valence-electron chi connectivity index (χ4n) is 14.8. The second-order valence-corrected chi connectivity index (χ2v) is 21.9. The van der Waals surface area contributed by atoms with Gasteiger partial charge >= 0.3 is 0 Å². The van der Waals surface area contributed by atoms with E-state index in [1.54, 1.807) is 0 Å². The van der Waals surface area contributed by atoms with Crippen LogP contribution in [0.5, 0.6) is 0 Å². The predicted molar refractivity (Wildman–Crippen MR) is 221 cm³/mol. The van der Waals surface area contributed by atoms with E-state index in [0.29, 0.717) is 42.4 Å². The summed E-state index contributed by atoms with van der Waals surface area (Å²) in [4.78, 5) is 0. The molecule has 1 unspecified atom stereocenters. The van der Waals surface area contributed by atoms with Gasteiger partial charge in [-0.15, -0.1) is 0 Å². The maximum absolute atomic E-state index is 11.6. The maximum atomic E-state index is 11.6. The average molecular weight is 898 g/mol. The quantitative estimate of drug-likeness (QED) is 0.146. The molecule has 360 valence electrons. The van der Waals surface area contributed by atoms with Gasteiger partial charge in [0, 0.05) is 12.5 Å². The van der Waals surface area contributed by atoms with Crippen LogP contribution in [0, 0.1) is 45.8 Å². The summed E-state index contributed by atoms with van der Waals surface area (Å²) < 4.78 is 44.0. The van der Waals surface area contributed by atoms with E-state index in [9.17, 15) is 46.0 Å². The minimum absolute atomic E-state index is 0.0737. The molecule has 17 heteroatoms. The zero-order valence-electron chi connectivity index (χ0n) is 37.6. The molecule has 4 aliphatic carbocycles. The van der Waals surface area contributed by atoms with E-state index in [1.165, 1.54) is 18.9 Å². The van der Waals surface area contributed by atoms with E-state index < -0.39 is 111 Å². The van der Waals surface area contributed by atoms with Crippen molar-refractivity contribution < 1.29 is 79.1 Å². The molecule has 0 radical (unpaired) electrons. The van der Waals surface area contributed by atoms with Crippen molar-refractivity contribution in [2.75, 3.05) is 19.8 Å². The van der Waals surface area contributed by atoms with Crippen molar-refractivity contribution in [2.45, 2.75) is 209 Å². The lowest BCUT2D eigenvalue weighted by Crippen LogP contribution is -2.67. The molecule has 17 nitrogen and oxygen atoms in total. The van der Waals surface area contributed by atoms with Gasteiger partial charge in [0.25, 0.3) is 0 Å². The van der Waals surface area contributed by atoms with Crippen LogP contribution < -0.4 is 5.32 Å². The Kier molecular flexibility index (Phi) is 12.9. The van der Waals surface area contributed by atoms with Crippen LogP contribution in [0.2, 0.25) is 0 Å². The molecule has 0 amide bonds. The zero-order valence-corrected chi connectivity index (χ0v) is 37.6. The lowest BCUT2D eigenvalue weighted by molar-refractivity contribution is -0.394. The summed E-state index contributed by atoms with van der Waals surface area (Å²) in [6.07, 6.45) is -12.1. The van der Waals surface area contributed by atoms with Crippen LogP contribution in [0.4, 0.5) is 0 Å². The van der Waals surface area contributed by atoms with Crippen LogP contribution in [0.1, 0.15) is 99.3 Å². The summed E-state index contributed by atoms with van der Waals surface area (Å²) in [6.45, 7) is 13.4. The van der Waals surface area contributed by atoms with Gasteiger partial charge in [-0.25, -0.2) is 0 Å². The summed E-state index contributed by atoms with van der Waals surface area (Å²) in [5, 5.41) is 99.8. The second kappa shape index (κ2) is 17.2. The molecule has 5 heterocycles. The Morgan fingerprint density at radius 3 is 2.00 bits per heavy atom. The monoisotopic (exact) mass is 898 g/mol. The Morgan fingerprint density at radius 2 is 1.32 bits per heavy atom. The molecular formula is C46H75NO16. The van der Waals surface area contributed by atoms with E-state index in [1.807, 2.05) is 0 Å². The van der Waals surface area contributed by atoms with E-state index in [-0.39, 0.29) is 28.1 Å². The minimum atomic E-state index is -1.84. The molecular weight excluding hydrogens is 822 g/mol. The van der Waals surface area contributed by atoms with E-state index in [0.717, 1.165) is 45.1 Å². The first-order chi connectivity index (χ1) is 29.8. The number of piperidine rings is 1. The van der Waals surface area contributed by atoms with E-state index in [2.05, 4.69) is 46.0 Å². The van der Waals surface area contributed by atoms with Crippen LogP contribution >= 0.6 is 0 Å². The molecule has 1 spiro atoms. The number of ether oxygens (including phenoxy) is 7. The molecule has 63 heavy (non-hydrogen) atoms. The van der Waals surface area contributed by atoms with Crippen LogP contribution in [-0.4, -0.2) is 176 Å². The third-order valence-corrected chi connectivity index (χ3v) is 18.5. The van der Waals surface area contributed by atoms with Gasteiger partial charge in [0.1, 0.15) is 72.9 Å². The Bertz CT molecular complexity index is 1660. The number of hydrogen-bond donors (Lipinski definition) is 10. The summed E-state index contributed by atoms with van der Waals surface area (Å²) in [7, 11) is 0. The SMILES string of the molecule is CC1CC[C@@]2(NC1)O[C@H]1C[C@H]3[C@]4(C)CC=C5C[C@@H](O[C@@H]6O[C@H](CO)[C@H](O)[C@H](O[C@@H]7O[C@H](CO)[C@@H](O)[C@H](O)[C@H]7O)[C@H]6O[C@H]6O[C@@H](C)[C@H](O)[C@@H](O)[C@H]6O)CC[C@]5(C)[C@H]4CC[C@]3(C)[C@H]1[C@@H]2C. The second-order valence-electron chi connectivity index (χ2n) is 21.9. The molecule has 9 aliphatic rings. The summed E-state index contributed by atoms with van der Waals surface area (Å²) in [5.41, 5.74) is 1.31. The highest BCUT2D eigenvalue weighted by atomic mass is 16.8. The summed E-state index contributed by atoms with van der Waals surface area (Å²) in [5.74, 6) is 2.61. The van der Waals surface area contributed by atoms with Gasteiger partial charge in [-0.1, -0.05) is 46.3 Å². The molecule has 5 saturated heterocycles. The number of hydrogen-bond acceptors (Lipinski definition) is 17. The third kappa shape index (κ3) is 7.54. The highest BCUT2D eigenvalue weighted by Crippen LogP contribution is 2.74. The first-order valence-electron chi connectivity index (χ1n) is 23.8. The normalized spacial score (nSPS) is 58.1. The van der Waals surface area contributed by atoms with Crippen LogP contribution in [0.25, 0.3) is 0 Å². The fraction of sp³-hybridized carbons (Fsp3) is 0.957.